The summed E-state index contributed by atoms with van der Waals surface area (Å²) >= 11 is 0. The van der Waals surface area contributed by atoms with Crippen molar-refractivity contribution in [3.8, 4) is 0 Å². The van der Waals surface area contributed by atoms with E-state index in [1.807, 2.05) is 18.2 Å². The van der Waals surface area contributed by atoms with Gasteiger partial charge >= 0.3 is 12.4 Å². The van der Waals surface area contributed by atoms with Crippen LogP contribution in [0.1, 0.15) is 38.9 Å². The molecule has 3 aromatic rings. The molecular formula is C24H14F6. The van der Waals surface area contributed by atoms with Crippen molar-refractivity contribution in [2.45, 2.75) is 25.2 Å². The van der Waals surface area contributed by atoms with Crippen LogP contribution in [0.4, 0.5) is 26.3 Å². The molecule has 0 atom stereocenters. The van der Waals surface area contributed by atoms with E-state index in [9.17, 15) is 26.3 Å². The molecule has 0 aliphatic heterocycles. The van der Waals surface area contributed by atoms with Gasteiger partial charge < -0.3 is 0 Å². The third-order valence-electron chi connectivity index (χ3n) is 5.04. The minimum Gasteiger partial charge on any atom is -0.166 e. The highest BCUT2D eigenvalue weighted by atomic mass is 19.4. The van der Waals surface area contributed by atoms with Crippen LogP contribution in [0.5, 0.6) is 0 Å². The van der Waals surface area contributed by atoms with Gasteiger partial charge in [-0.3, -0.25) is 0 Å². The zero-order valence-electron chi connectivity index (χ0n) is 15.5. The SMILES string of the molecule is FC(F)(F)c1cc(/C=C2\c3ccc#cc3CCc3ccccc32)cc(C(F)(F)F)c1. The van der Waals surface area contributed by atoms with Gasteiger partial charge in [0.15, 0.2) is 0 Å². The van der Waals surface area contributed by atoms with Crippen LogP contribution < -0.4 is 0 Å². The second-order valence-corrected chi connectivity index (χ2v) is 7.05. The first kappa shape index (κ1) is 20.1. The second kappa shape index (κ2) is 7.24. The lowest BCUT2D eigenvalue weighted by atomic mass is 9.92. The number of rotatable bonds is 1. The van der Waals surface area contributed by atoms with Crippen LogP contribution >= 0.6 is 0 Å². The predicted molar refractivity (Wildman–Crippen MR) is 101 cm³/mol. The fourth-order valence-corrected chi connectivity index (χ4v) is 3.66. The maximum Gasteiger partial charge on any atom is 0.416 e. The first-order chi connectivity index (χ1) is 14.1. The Morgan fingerprint density at radius 2 is 1.43 bits per heavy atom. The molecule has 1 aliphatic rings. The lowest BCUT2D eigenvalue weighted by Crippen LogP contribution is -2.11. The Kier molecular flexibility index (Phi) is 4.85. The number of alkyl halides is 6. The number of halogens is 6. The molecule has 0 radical (unpaired) electrons. The van der Waals surface area contributed by atoms with Crippen LogP contribution in [-0.4, -0.2) is 0 Å². The Morgan fingerprint density at radius 1 is 0.767 bits per heavy atom. The molecule has 0 saturated heterocycles. The molecule has 0 heterocycles. The van der Waals surface area contributed by atoms with Gasteiger partial charge in [-0.05, 0) is 77.1 Å². The fourth-order valence-electron chi connectivity index (χ4n) is 3.66. The Labute approximate surface area is 169 Å². The molecule has 3 aromatic carbocycles. The number of hydrogen-bond donors (Lipinski definition) is 0. The normalized spacial score (nSPS) is 15.2. The van der Waals surface area contributed by atoms with Crippen molar-refractivity contribution >= 4 is 11.6 Å². The van der Waals surface area contributed by atoms with E-state index in [2.05, 4.69) is 12.1 Å². The van der Waals surface area contributed by atoms with Crippen LogP contribution in [0.2, 0.25) is 0 Å². The van der Waals surface area contributed by atoms with Crippen LogP contribution in [-0.2, 0) is 25.2 Å². The third-order valence-corrected chi connectivity index (χ3v) is 5.04. The number of benzene rings is 2. The Morgan fingerprint density at radius 3 is 2.10 bits per heavy atom. The molecular weight excluding hydrogens is 402 g/mol. The minimum absolute atomic E-state index is 0.139. The quantitative estimate of drug-likeness (QED) is 0.374. The molecule has 0 nitrogen and oxygen atoms in total. The molecule has 0 saturated carbocycles. The molecule has 0 aromatic heterocycles. The van der Waals surface area contributed by atoms with Crippen molar-refractivity contribution in [3.05, 3.63) is 106 Å². The van der Waals surface area contributed by atoms with Gasteiger partial charge in [-0.1, -0.05) is 36.4 Å². The highest BCUT2D eigenvalue weighted by Gasteiger charge is 2.36. The summed E-state index contributed by atoms with van der Waals surface area (Å²) in [5.74, 6) is 0. The zero-order valence-corrected chi connectivity index (χ0v) is 15.5. The van der Waals surface area contributed by atoms with Crippen molar-refractivity contribution in [2.24, 2.45) is 0 Å². The fraction of sp³-hybridized carbons (Fsp3) is 0.167. The van der Waals surface area contributed by atoms with Crippen LogP contribution in [0.15, 0.2) is 54.6 Å². The van der Waals surface area contributed by atoms with E-state index >= 15 is 0 Å². The highest BCUT2D eigenvalue weighted by molar-refractivity contribution is 5.94. The molecule has 0 spiro atoms. The highest BCUT2D eigenvalue weighted by Crippen LogP contribution is 2.39. The summed E-state index contributed by atoms with van der Waals surface area (Å²) in [6, 6.07) is 18.3. The predicted octanol–water partition coefficient (Wildman–Crippen LogP) is 7.01. The first-order valence-corrected chi connectivity index (χ1v) is 9.14. The average Bonchev–Trinajstić information content (AvgIpc) is 2.84. The monoisotopic (exact) mass is 416 g/mol. The average molecular weight is 416 g/mol. The van der Waals surface area contributed by atoms with E-state index < -0.39 is 23.5 Å². The van der Waals surface area contributed by atoms with E-state index in [-0.39, 0.29) is 11.6 Å². The van der Waals surface area contributed by atoms with Crippen molar-refractivity contribution in [2.75, 3.05) is 0 Å². The van der Waals surface area contributed by atoms with Crippen molar-refractivity contribution in [1.82, 2.24) is 0 Å². The molecule has 6 heteroatoms. The Balaban J connectivity index is 1.98. The van der Waals surface area contributed by atoms with Crippen LogP contribution in [0.3, 0.4) is 0 Å². The van der Waals surface area contributed by atoms with Gasteiger partial charge in [0.25, 0.3) is 0 Å². The lowest BCUT2D eigenvalue weighted by molar-refractivity contribution is -0.143. The summed E-state index contributed by atoms with van der Waals surface area (Å²) in [6.45, 7) is 0. The van der Waals surface area contributed by atoms with Gasteiger partial charge in [-0.2, -0.15) is 26.3 Å². The van der Waals surface area contributed by atoms with Crippen molar-refractivity contribution < 1.29 is 26.3 Å². The Hall–Kier alpha value is -3.20. The van der Waals surface area contributed by atoms with E-state index in [1.54, 1.807) is 18.2 Å². The molecule has 0 unspecified atom stereocenters. The molecule has 4 rings (SSSR count). The number of fused-ring (bicyclic) bond motifs is 2. The molecule has 0 N–H and O–H groups in total. The maximum atomic E-state index is 13.3. The van der Waals surface area contributed by atoms with E-state index in [4.69, 9.17) is 0 Å². The first-order valence-electron chi connectivity index (χ1n) is 9.14. The van der Waals surface area contributed by atoms with E-state index in [1.165, 1.54) is 6.08 Å². The van der Waals surface area contributed by atoms with Crippen LogP contribution in [0.25, 0.3) is 11.6 Å². The molecule has 1 aliphatic carbocycles. The molecule has 152 valence electrons. The smallest absolute Gasteiger partial charge is 0.166 e. The maximum absolute atomic E-state index is 13.3. The minimum atomic E-state index is -4.89. The third kappa shape index (κ3) is 3.93. The zero-order chi connectivity index (χ0) is 21.5. The summed E-state index contributed by atoms with van der Waals surface area (Å²) < 4.78 is 79.6. The van der Waals surface area contributed by atoms with Gasteiger partial charge in [-0.25, -0.2) is 0 Å². The van der Waals surface area contributed by atoms with Crippen LogP contribution in [0, 0.1) is 12.1 Å². The van der Waals surface area contributed by atoms with E-state index in [0.29, 0.717) is 18.4 Å². The van der Waals surface area contributed by atoms with Gasteiger partial charge in [0.1, 0.15) is 0 Å². The summed E-state index contributed by atoms with van der Waals surface area (Å²) in [4.78, 5) is 0. The largest absolute Gasteiger partial charge is 0.416 e. The van der Waals surface area contributed by atoms with Gasteiger partial charge in [0, 0.05) is 5.56 Å². The van der Waals surface area contributed by atoms with E-state index in [0.717, 1.165) is 34.4 Å². The summed E-state index contributed by atoms with van der Waals surface area (Å²) in [5, 5.41) is 0. The summed E-state index contributed by atoms with van der Waals surface area (Å²) in [5.41, 5.74) is 1.03. The standard InChI is InChI=1S/C24H14F6/c25-23(26,27)18-11-15(12-19(14-18)24(28,29)30)13-22-20-7-3-1-5-16(20)9-10-17-6-2-4-8-21(17)22/h1,3-5,7-8,11-14H,9-10H2/b22-13-. The number of aryl methyl sites for hydroxylation is 1. The van der Waals surface area contributed by atoms with Gasteiger partial charge in [0.05, 0.1) is 11.1 Å². The topological polar surface area (TPSA) is 0 Å². The summed E-state index contributed by atoms with van der Waals surface area (Å²) in [7, 11) is 0. The molecule has 0 bridgehead atoms. The Bertz CT molecular complexity index is 1040. The molecule has 0 amide bonds. The lowest BCUT2D eigenvalue weighted by Gasteiger charge is -2.15. The second-order valence-electron chi connectivity index (χ2n) is 7.05. The van der Waals surface area contributed by atoms with Gasteiger partial charge in [0.2, 0.25) is 0 Å². The van der Waals surface area contributed by atoms with Crippen molar-refractivity contribution in [3.63, 3.8) is 0 Å². The summed E-state index contributed by atoms with van der Waals surface area (Å²) in [6.07, 6.45) is -7.06. The molecule has 0 fully saturated rings. The van der Waals surface area contributed by atoms with Gasteiger partial charge in [-0.15, -0.1) is 0 Å². The molecule has 30 heavy (non-hydrogen) atoms. The van der Waals surface area contributed by atoms with Crippen molar-refractivity contribution in [1.29, 1.82) is 0 Å². The number of hydrogen-bond acceptors (Lipinski definition) is 0.